The van der Waals surface area contributed by atoms with Gasteiger partial charge < -0.3 is 4.90 Å². The number of aromatic nitrogens is 2. The van der Waals surface area contributed by atoms with Crippen LogP contribution in [-0.2, 0) is 7.05 Å². The summed E-state index contributed by atoms with van der Waals surface area (Å²) >= 11 is 0. The predicted octanol–water partition coefficient (Wildman–Crippen LogP) is 6.79. The van der Waals surface area contributed by atoms with E-state index >= 15 is 0 Å². The first-order chi connectivity index (χ1) is 13.1. The molecule has 0 saturated carbocycles. The Morgan fingerprint density at radius 2 is 1.67 bits per heavy atom. The molecule has 2 heterocycles. The van der Waals surface area contributed by atoms with Crippen LogP contribution in [0.2, 0.25) is 0 Å². The topological polar surface area (TPSA) is 21.1 Å². The number of hydrogen-bond donors (Lipinski definition) is 0. The highest BCUT2D eigenvalue weighted by Crippen LogP contribution is 2.38. The Morgan fingerprint density at radius 3 is 2.22 bits per heavy atom. The monoisotopic (exact) mass is 369 g/mol. The van der Waals surface area contributed by atoms with Gasteiger partial charge in [-0.15, -0.1) is 0 Å². The minimum absolute atomic E-state index is 0.697. The number of fused-ring (bicyclic) bond motifs is 1. The van der Waals surface area contributed by atoms with Crippen LogP contribution in [0.4, 0.5) is 5.69 Å². The molecule has 0 spiro atoms. The number of benzene rings is 1. The second-order valence-electron chi connectivity index (χ2n) is 7.91. The Morgan fingerprint density at radius 1 is 0.963 bits per heavy atom. The molecule has 0 radical (unpaired) electrons. The molecule has 1 aromatic heterocycles. The highest BCUT2D eigenvalue weighted by Gasteiger charge is 2.22. The van der Waals surface area contributed by atoms with Crippen LogP contribution in [0.1, 0.15) is 83.6 Å². The van der Waals surface area contributed by atoms with Crippen molar-refractivity contribution in [2.45, 2.75) is 78.1 Å². The minimum Gasteiger partial charge on any atom is -0.374 e. The molecule has 0 bridgehead atoms. The molecule has 1 atom stereocenters. The first-order valence-electron chi connectivity index (χ1n) is 10.9. The van der Waals surface area contributed by atoms with Gasteiger partial charge in [0.1, 0.15) is 0 Å². The van der Waals surface area contributed by atoms with Crippen molar-refractivity contribution < 1.29 is 0 Å². The molecule has 0 saturated heterocycles. The van der Waals surface area contributed by atoms with Crippen molar-refractivity contribution in [3.63, 3.8) is 0 Å². The van der Waals surface area contributed by atoms with Gasteiger partial charge >= 0.3 is 0 Å². The van der Waals surface area contributed by atoms with E-state index in [1.165, 1.54) is 73.7 Å². The van der Waals surface area contributed by atoms with E-state index < -0.39 is 0 Å². The molecule has 0 aliphatic carbocycles. The van der Waals surface area contributed by atoms with Crippen LogP contribution in [-0.4, -0.2) is 23.4 Å². The van der Waals surface area contributed by atoms with Gasteiger partial charge in [-0.1, -0.05) is 65.4 Å². The third-order valence-electron chi connectivity index (χ3n) is 5.68. The maximum absolute atomic E-state index is 4.27. The zero-order valence-corrected chi connectivity index (χ0v) is 18.2. The average molecular weight is 370 g/mol. The second kappa shape index (κ2) is 11.2. The fraction of sp³-hybridized carbons (Fsp3) is 0.625. The van der Waals surface area contributed by atoms with Crippen LogP contribution in [0.3, 0.4) is 0 Å². The van der Waals surface area contributed by atoms with Crippen molar-refractivity contribution in [3.8, 4) is 11.1 Å². The number of aryl methyl sites for hydroxylation is 1. The molecule has 0 amide bonds. The highest BCUT2D eigenvalue weighted by atomic mass is 15.2. The Kier molecular flexibility index (Phi) is 8.90. The molecular weight excluding hydrogens is 330 g/mol. The maximum atomic E-state index is 4.27. The molecule has 1 unspecified atom stereocenters. The first kappa shape index (κ1) is 21.5. The predicted molar refractivity (Wildman–Crippen MR) is 119 cm³/mol. The van der Waals surface area contributed by atoms with E-state index in [9.17, 15) is 0 Å². The number of unbranched alkanes of at least 4 members (excludes halogenated alkanes) is 5. The van der Waals surface area contributed by atoms with Gasteiger partial charge in [0.15, 0.2) is 0 Å². The van der Waals surface area contributed by atoms with Crippen molar-refractivity contribution >= 4 is 5.69 Å². The van der Waals surface area contributed by atoms with Crippen LogP contribution in [0.25, 0.3) is 11.1 Å². The molecule has 1 aromatic carbocycles. The van der Waals surface area contributed by atoms with Crippen molar-refractivity contribution in [3.05, 3.63) is 36.2 Å². The molecule has 0 N–H and O–H groups in total. The summed E-state index contributed by atoms with van der Waals surface area (Å²) in [6.07, 6.45) is 15.0. The normalized spacial score (nSPS) is 15.9. The summed E-state index contributed by atoms with van der Waals surface area (Å²) in [5.41, 5.74) is 5.37. The lowest BCUT2D eigenvalue weighted by Crippen LogP contribution is -2.27. The maximum Gasteiger partial charge on any atom is 0.0568 e. The van der Waals surface area contributed by atoms with E-state index in [4.69, 9.17) is 0 Å². The zero-order valence-electron chi connectivity index (χ0n) is 18.2. The molecule has 2 aromatic rings. The fourth-order valence-corrected chi connectivity index (χ4v) is 3.88. The van der Waals surface area contributed by atoms with Gasteiger partial charge in [-0.3, -0.25) is 4.68 Å². The Hall–Kier alpha value is -1.77. The van der Waals surface area contributed by atoms with E-state index in [1.807, 2.05) is 17.9 Å². The van der Waals surface area contributed by atoms with Gasteiger partial charge in [-0.2, -0.15) is 5.10 Å². The summed E-state index contributed by atoms with van der Waals surface area (Å²) in [7, 11) is 4.15. The lowest BCUT2D eigenvalue weighted by molar-refractivity contribution is 0.578. The van der Waals surface area contributed by atoms with Crippen LogP contribution >= 0.6 is 0 Å². The van der Waals surface area contributed by atoms with Gasteiger partial charge in [-0.05, 0) is 42.0 Å². The number of anilines is 1. The standard InChI is InChI=1S/C16H21N3.C8H18/c1-4-12-7-8-18(2)16-6-5-13(9-15(12)16)14-10-17-19(3)11-14;1-3-5-7-8-6-4-2/h5-6,9-12H,4,7-8H2,1-3H3;3-8H2,1-2H3. The molecule has 1 aliphatic heterocycles. The third kappa shape index (κ3) is 6.12. The Balaban J connectivity index is 0.000000279. The van der Waals surface area contributed by atoms with Crippen LogP contribution < -0.4 is 4.90 Å². The molecule has 3 heteroatoms. The van der Waals surface area contributed by atoms with Crippen LogP contribution in [0.5, 0.6) is 0 Å². The van der Waals surface area contributed by atoms with E-state index in [1.54, 1.807) is 0 Å². The molecular formula is C24H39N3. The molecule has 1 aliphatic rings. The highest BCUT2D eigenvalue weighted by molar-refractivity contribution is 5.69. The van der Waals surface area contributed by atoms with Gasteiger partial charge in [0.05, 0.1) is 6.20 Å². The summed E-state index contributed by atoms with van der Waals surface area (Å²) in [6.45, 7) is 7.96. The van der Waals surface area contributed by atoms with Gasteiger partial charge in [0, 0.05) is 38.1 Å². The molecule has 3 nitrogen and oxygen atoms in total. The van der Waals surface area contributed by atoms with E-state index in [-0.39, 0.29) is 0 Å². The van der Waals surface area contributed by atoms with Gasteiger partial charge in [-0.25, -0.2) is 0 Å². The zero-order chi connectivity index (χ0) is 19.6. The lowest BCUT2D eigenvalue weighted by Gasteiger charge is -2.33. The summed E-state index contributed by atoms with van der Waals surface area (Å²) in [5.74, 6) is 0.697. The lowest BCUT2D eigenvalue weighted by atomic mass is 9.86. The second-order valence-corrected chi connectivity index (χ2v) is 7.91. The number of nitrogens with zero attached hydrogens (tertiary/aromatic N) is 3. The van der Waals surface area contributed by atoms with Crippen LogP contribution in [0, 0.1) is 0 Å². The largest absolute Gasteiger partial charge is 0.374 e. The van der Waals surface area contributed by atoms with Gasteiger partial charge in [0.25, 0.3) is 0 Å². The minimum atomic E-state index is 0.697. The quantitative estimate of drug-likeness (QED) is 0.501. The first-order valence-corrected chi connectivity index (χ1v) is 10.9. The molecule has 0 fully saturated rings. The number of hydrogen-bond acceptors (Lipinski definition) is 2. The van der Waals surface area contributed by atoms with Gasteiger partial charge in [0.2, 0.25) is 0 Å². The van der Waals surface area contributed by atoms with E-state index in [0.717, 1.165) is 6.54 Å². The van der Waals surface area contributed by atoms with Crippen LogP contribution in [0.15, 0.2) is 30.6 Å². The van der Waals surface area contributed by atoms with Crippen molar-refractivity contribution in [2.75, 3.05) is 18.5 Å². The van der Waals surface area contributed by atoms with E-state index in [2.05, 4.69) is 62.2 Å². The third-order valence-corrected chi connectivity index (χ3v) is 5.68. The summed E-state index contributed by atoms with van der Waals surface area (Å²) in [5, 5.41) is 4.27. The molecule has 150 valence electrons. The molecule has 27 heavy (non-hydrogen) atoms. The average Bonchev–Trinajstić information content (AvgIpc) is 3.12. The van der Waals surface area contributed by atoms with Crippen molar-refractivity contribution in [1.29, 1.82) is 0 Å². The van der Waals surface area contributed by atoms with E-state index in [0.29, 0.717) is 5.92 Å². The van der Waals surface area contributed by atoms with Crippen molar-refractivity contribution in [1.82, 2.24) is 9.78 Å². The van der Waals surface area contributed by atoms with Crippen molar-refractivity contribution in [2.24, 2.45) is 7.05 Å². The molecule has 3 rings (SSSR count). The fourth-order valence-electron chi connectivity index (χ4n) is 3.88. The number of rotatable bonds is 7. The summed E-state index contributed by atoms with van der Waals surface area (Å²) in [4.78, 5) is 2.37. The summed E-state index contributed by atoms with van der Waals surface area (Å²) in [6, 6.07) is 6.83. The Bertz CT molecular complexity index is 668. The smallest absolute Gasteiger partial charge is 0.0568 e. The summed E-state index contributed by atoms with van der Waals surface area (Å²) < 4.78 is 1.86. The Labute approximate surface area is 166 Å². The SMILES string of the molecule is CCC1CCN(C)c2ccc(-c3cnn(C)c3)cc21.CCCCCCCC.